The van der Waals surface area contributed by atoms with Crippen molar-refractivity contribution in [2.45, 2.75) is 77.9 Å². The summed E-state index contributed by atoms with van der Waals surface area (Å²) in [6, 6.07) is 5.22. The van der Waals surface area contributed by atoms with Crippen molar-refractivity contribution in [1.29, 1.82) is 0 Å². The lowest BCUT2D eigenvalue weighted by Crippen LogP contribution is -2.58. The number of nitrogens with one attached hydrogen (secondary N) is 2. The number of carbonyl (C=O) groups excluding carboxylic acids is 1. The van der Waals surface area contributed by atoms with Gasteiger partial charge in [0, 0.05) is 28.7 Å². The maximum Gasteiger partial charge on any atom is 0.220 e. The van der Waals surface area contributed by atoms with Crippen LogP contribution in [0.3, 0.4) is 0 Å². The number of carbonyl (C=O) groups is 1. The zero-order valence-corrected chi connectivity index (χ0v) is 25.3. The van der Waals surface area contributed by atoms with E-state index >= 15 is 0 Å². The Morgan fingerprint density at radius 1 is 1.23 bits per heavy atom. The standard InChI is InChI=1S/C30H45N3O6S/c1-17(2)11-18(15-34)31-26(37)13-20-27-23(14-24-29(20,3)10-9-25(36)30(24,4)16-35)40-28(33-27)32-21-12-19(38-5)7-8-22(21)39-6/h7-8,12,17-18,20,24-25,34-36H,9-11,13-16H2,1-6H3,(H,31,37)(H,32,33). The van der Waals surface area contributed by atoms with E-state index in [0.717, 1.165) is 22.7 Å². The number of methoxy groups -OCH3 is 2. The molecule has 0 saturated heterocycles. The number of ether oxygens (including phenoxy) is 2. The molecule has 1 aromatic carbocycles. The molecule has 0 radical (unpaired) electrons. The van der Waals surface area contributed by atoms with Crippen molar-refractivity contribution < 1.29 is 29.6 Å². The number of nitrogens with zero attached hydrogens (tertiary/aromatic N) is 1. The van der Waals surface area contributed by atoms with Crippen LogP contribution in [0.5, 0.6) is 11.5 Å². The number of thiazole rings is 1. The molecule has 40 heavy (non-hydrogen) atoms. The number of hydrogen-bond donors (Lipinski definition) is 5. The normalized spacial score (nSPS) is 28.4. The Labute approximate surface area is 241 Å². The largest absolute Gasteiger partial charge is 0.497 e. The van der Waals surface area contributed by atoms with Gasteiger partial charge >= 0.3 is 0 Å². The molecule has 1 amide bonds. The fraction of sp³-hybridized carbons (Fsp3) is 0.667. The Balaban J connectivity index is 1.72. The second kappa shape index (κ2) is 12.2. The van der Waals surface area contributed by atoms with Gasteiger partial charge in [0.15, 0.2) is 5.13 Å². The fourth-order valence-corrected chi connectivity index (χ4v) is 8.03. The monoisotopic (exact) mass is 575 g/mol. The lowest BCUT2D eigenvalue weighted by molar-refractivity contribution is -0.144. The topological polar surface area (TPSA) is 133 Å². The zero-order valence-electron chi connectivity index (χ0n) is 24.5. The predicted octanol–water partition coefficient (Wildman–Crippen LogP) is 4.23. The van der Waals surface area contributed by atoms with Gasteiger partial charge in [0.25, 0.3) is 0 Å². The van der Waals surface area contributed by atoms with Gasteiger partial charge in [0.05, 0.1) is 51.0 Å². The Kier molecular flexibility index (Phi) is 9.34. The average Bonchev–Trinajstić information content (AvgIpc) is 3.33. The molecule has 1 fully saturated rings. The summed E-state index contributed by atoms with van der Waals surface area (Å²) in [6.45, 7) is 8.05. The van der Waals surface area contributed by atoms with Gasteiger partial charge in [-0.1, -0.05) is 27.7 Å². The first-order valence-corrected chi connectivity index (χ1v) is 15.0. The Bertz CT molecular complexity index is 1190. The zero-order chi connectivity index (χ0) is 29.2. The maximum absolute atomic E-state index is 13.4. The molecular formula is C30H45N3O6S. The van der Waals surface area contributed by atoms with E-state index in [4.69, 9.17) is 14.5 Å². The van der Waals surface area contributed by atoms with Crippen molar-refractivity contribution in [3.05, 3.63) is 28.8 Å². The van der Waals surface area contributed by atoms with Gasteiger partial charge in [-0.2, -0.15) is 0 Å². The Hall–Kier alpha value is -2.40. The summed E-state index contributed by atoms with van der Waals surface area (Å²) in [5.41, 5.74) is 0.566. The van der Waals surface area contributed by atoms with E-state index in [9.17, 15) is 20.1 Å². The highest BCUT2D eigenvalue weighted by atomic mass is 32.1. The van der Waals surface area contributed by atoms with Crippen molar-refractivity contribution in [2.24, 2.45) is 22.7 Å². The van der Waals surface area contributed by atoms with Crippen LogP contribution in [0.1, 0.15) is 69.9 Å². The van der Waals surface area contributed by atoms with Gasteiger partial charge in [-0.05, 0) is 55.1 Å². The molecule has 0 spiro atoms. The first-order valence-electron chi connectivity index (χ1n) is 14.2. The van der Waals surface area contributed by atoms with Crippen molar-refractivity contribution >= 4 is 28.1 Å². The molecule has 0 bridgehead atoms. The molecule has 5 N–H and O–H groups in total. The minimum Gasteiger partial charge on any atom is -0.497 e. The summed E-state index contributed by atoms with van der Waals surface area (Å²) in [5.74, 6) is 1.31. The molecule has 0 aliphatic heterocycles. The van der Waals surface area contributed by atoms with E-state index in [-0.39, 0.29) is 48.8 Å². The lowest BCUT2D eigenvalue weighted by atomic mass is 9.47. The van der Waals surface area contributed by atoms with Gasteiger partial charge in [0.2, 0.25) is 5.91 Å². The van der Waals surface area contributed by atoms with E-state index in [1.54, 1.807) is 14.2 Å². The third-order valence-corrected chi connectivity index (χ3v) is 10.3. The summed E-state index contributed by atoms with van der Waals surface area (Å²) in [4.78, 5) is 19.5. The molecule has 6 atom stereocenters. The molecule has 1 heterocycles. The van der Waals surface area contributed by atoms with Crippen molar-refractivity contribution in [3.63, 3.8) is 0 Å². The van der Waals surface area contributed by atoms with Crippen LogP contribution >= 0.6 is 11.3 Å². The fourth-order valence-electron chi connectivity index (χ4n) is 6.95. The van der Waals surface area contributed by atoms with Crippen LogP contribution in [0.25, 0.3) is 0 Å². The Morgan fingerprint density at radius 2 is 1.98 bits per heavy atom. The van der Waals surface area contributed by atoms with Gasteiger partial charge in [-0.25, -0.2) is 4.98 Å². The number of hydrogen-bond acceptors (Lipinski definition) is 9. The number of benzene rings is 1. The summed E-state index contributed by atoms with van der Waals surface area (Å²) in [7, 11) is 3.22. The van der Waals surface area contributed by atoms with Crippen LogP contribution in [0, 0.1) is 22.7 Å². The Morgan fingerprint density at radius 3 is 2.60 bits per heavy atom. The molecule has 222 valence electrons. The van der Waals surface area contributed by atoms with Gasteiger partial charge in [-0.15, -0.1) is 11.3 Å². The molecule has 2 aromatic rings. The van der Waals surface area contributed by atoms with E-state index in [1.165, 1.54) is 11.3 Å². The second-order valence-electron chi connectivity index (χ2n) is 12.3. The molecule has 9 nitrogen and oxygen atoms in total. The first-order chi connectivity index (χ1) is 19.0. The van der Waals surface area contributed by atoms with Crippen LogP contribution in [0.2, 0.25) is 0 Å². The third-order valence-electron chi connectivity index (χ3n) is 9.27. The minimum atomic E-state index is -0.696. The average molecular weight is 576 g/mol. The van der Waals surface area contributed by atoms with Crippen molar-refractivity contribution in [2.75, 3.05) is 32.8 Å². The molecule has 4 rings (SSSR count). The number of aliphatic hydroxyl groups is 3. The van der Waals surface area contributed by atoms with Crippen LogP contribution in [0.15, 0.2) is 18.2 Å². The number of rotatable bonds is 11. The second-order valence-corrected chi connectivity index (χ2v) is 13.4. The van der Waals surface area contributed by atoms with Gasteiger partial charge < -0.3 is 35.4 Å². The molecule has 6 unspecified atom stereocenters. The van der Waals surface area contributed by atoms with E-state index in [0.29, 0.717) is 41.8 Å². The summed E-state index contributed by atoms with van der Waals surface area (Å²) >= 11 is 1.53. The molecule has 1 saturated carbocycles. The lowest BCUT2D eigenvalue weighted by Gasteiger charge is -2.58. The number of amides is 1. The molecular weight excluding hydrogens is 530 g/mol. The summed E-state index contributed by atoms with van der Waals surface area (Å²) in [5, 5.41) is 38.5. The van der Waals surface area contributed by atoms with Crippen LogP contribution in [-0.4, -0.2) is 65.8 Å². The minimum absolute atomic E-state index is 0.0389. The highest BCUT2D eigenvalue weighted by molar-refractivity contribution is 7.15. The van der Waals surface area contributed by atoms with Gasteiger partial charge in [0.1, 0.15) is 11.5 Å². The molecule has 2 aliphatic rings. The third kappa shape index (κ3) is 5.82. The molecule has 2 aliphatic carbocycles. The van der Waals surface area contributed by atoms with Gasteiger partial charge in [-0.3, -0.25) is 4.79 Å². The SMILES string of the molecule is COc1ccc(OC)c(Nc2nc3c(s2)CC2C(C)(CO)C(O)CCC2(C)C3CC(=O)NC(CO)CC(C)C)c1. The summed E-state index contributed by atoms with van der Waals surface area (Å²) < 4.78 is 10.9. The van der Waals surface area contributed by atoms with Crippen molar-refractivity contribution in [3.8, 4) is 11.5 Å². The van der Waals surface area contributed by atoms with E-state index < -0.39 is 11.5 Å². The van der Waals surface area contributed by atoms with E-state index in [1.807, 2.05) is 25.1 Å². The quantitative estimate of drug-likeness (QED) is 0.269. The first kappa shape index (κ1) is 30.6. The smallest absolute Gasteiger partial charge is 0.220 e. The highest BCUT2D eigenvalue weighted by Crippen LogP contribution is 2.63. The molecule has 10 heteroatoms. The van der Waals surface area contributed by atoms with E-state index in [2.05, 4.69) is 31.4 Å². The number of fused-ring (bicyclic) bond motifs is 2. The highest BCUT2D eigenvalue weighted by Gasteiger charge is 2.59. The predicted molar refractivity (Wildman–Crippen MR) is 157 cm³/mol. The maximum atomic E-state index is 13.4. The van der Waals surface area contributed by atoms with Crippen LogP contribution in [-0.2, 0) is 11.2 Å². The van der Waals surface area contributed by atoms with Crippen LogP contribution < -0.4 is 20.1 Å². The number of anilines is 2. The summed E-state index contributed by atoms with van der Waals surface area (Å²) in [6.07, 6.45) is 2.24. The van der Waals surface area contributed by atoms with Crippen molar-refractivity contribution in [1.82, 2.24) is 10.3 Å². The number of aromatic nitrogens is 1. The van der Waals surface area contributed by atoms with Crippen LogP contribution in [0.4, 0.5) is 10.8 Å². The molecule has 1 aromatic heterocycles. The number of aliphatic hydroxyl groups excluding tert-OH is 3.